The van der Waals surface area contributed by atoms with E-state index < -0.39 is 0 Å². The Kier molecular flexibility index (Phi) is 4.97. The minimum absolute atomic E-state index is 0.277. The van der Waals surface area contributed by atoms with E-state index in [2.05, 4.69) is 32.0 Å². The predicted molar refractivity (Wildman–Crippen MR) is 84.1 cm³/mol. The number of benzene rings is 2. The zero-order chi connectivity index (χ0) is 15.4. The zero-order valence-electron chi connectivity index (χ0n) is 12.8. The van der Waals surface area contributed by atoms with E-state index in [1.165, 1.54) is 17.7 Å². The van der Waals surface area contributed by atoms with E-state index in [4.69, 9.17) is 10.5 Å². The molecule has 0 spiro atoms. The summed E-state index contributed by atoms with van der Waals surface area (Å²) in [5, 5.41) is 0. The van der Waals surface area contributed by atoms with E-state index in [0.29, 0.717) is 12.5 Å². The Bertz CT molecular complexity index is 610. The van der Waals surface area contributed by atoms with Gasteiger partial charge in [0.1, 0.15) is 18.2 Å². The predicted octanol–water partition coefficient (Wildman–Crippen LogP) is 4.34. The molecule has 0 amide bonds. The van der Waals surface area contributed by atoms with Crippen LogP contribution in [0.2, 0.25) is 0 Å². The first-order valence-electron chi connectivity index (χ1n) is 7.21. The molecule has 2 aromatic carbocycles. The molecule has 1 atom stereocenters. The molecule has 0 radical (unpaired) electrons. The van der Waals surface area contributed by atoms with Gasteiger partial charge in [-0.25, -0.2) is 4.39 Å². The molecule has 0 fully saturated rings. The maximum atomic E-state index is 13.2. The van der Waals surface area contributed by atoms with Crippen LogP contribution in [-0.2, 0) is 0 Å². The van der Waals surface area contributed by atoms with E-state index in [-0.39, 0.29) is 11.9 Å². The number of hydrogen-bond acceptors (Lipinski definition) is 2. The third-order valence-corrected chi connectivity index (χ3v) is 3.57. The maximum absolute atomic E-state index is 13.2. The lowest BCUT2D eigenvalue weighted by Crippen LogP contribution is -2.19. The molecule has 2 nitrogen and oxygen atoms in total. The summed E-state index contributed by atoms with van der Waals surface area (Å²) >= 11 is 0. The maximum Gasteiger partial charge on any atom is 0.123 e. The Labute approximate surface area is 125 Å². The smallest absolute Gasteiger partial charge is 0.123 e. The van der Waals surface area contributed by atoms with E-state index in [0.717, 1.165) is 16.9 Å². The third-order valence-electron chi connectivity index (χ3n) is 3.57. The second-order valence-corrected chi connectivity index (χ2v) is 5.65. The van der Waals surface area contributed by atoms with Crippen LogP contribution in [0.15, 0.2) is 42.5 Å². The summed E-state index contributed by atoms with van der Waals surface area (Å²) in [6, 6.07) is 12.2. The molecule has 2 rings (SSSR count). The molecule has 0 saturated carbocycles. The molecule has 0 heterocycles. The summed E-state index contributed by atoms with van der Waals surface area (Å²) in [6.45, 7) is 6.62. The van der Waals surface area contributed by atoms with Gasteiger partial charge in [0, 0.05) is 0 Å². The summed E-state index contributed by atoms with van der Waals surface area (Å²) < 4.78 is 19.0. The standard InChI is InChI=1S/C18H22FNO/c1-12(2)14-8-7-13(3)18(10-14)21-11-17(20)15-5-4-6-16(19)9-15/h4-10,12,17H,11,20H2,1-3H3. The molecule has 21 heavy (non-hydrogen) atoms. The molecule has 1 unspecified atom stereocenters. The van der Waals surface area contributed by atoms with Crippen molar-refractivity contribution in [1.29, 1.82) is 0 Å². The van der Waals surface area contributed by atoms with E-state index in [1.54, 1.807) is 6.07 Å². The fourth-order valence-electron chi connectivity index (χ4n) is 2.14. The number of rotatable bonds is 5. The topological polar surface area (TPSA) is 35.2 Å². The van der Waals surface area contributed by atoms with Gasteiger partial charge in [-0.1, -0.05) is 38.1 Å². The van der Waals surface area contributed by atoms with Gasteiger partial charge in [0.05, 0.1) is 6.04 Å². The molecule has 2 aromatic rings. The molecule has 2 N–H and O–H groups in total. The Balaban J connectivity index is 2.07. The van der Waals surface area contributed by atoms with Crippen molar-refractivity contribution < 1.29 is 9.13 Å². The molecule has 0 aliphatic rings. The number of aryl methyl sites for hydroxylation is 1. The van der Waals surface area contributed by atoms with Gasteiger partial charge in [-0.05, 0) is 47.7 Å². The first-order valence-corrected chi connectivity index (χ1v) is 7.21. The van der Waals surface area contributed by atoms with Gasteiger partial charge < -0.3 is 10.5 Å². The van der Waals surface area contributed by atoms with Crippen molar-refractivity contribution in [3.63, 3.8) is 0 Å². The van der Waals surface area contributed by atoms with Gasteiger partial charge in [0.25, 0.3) is 0 Å². The molecule has 112 valence electrons. The normalized spacial score (nSPS) is 12.5. The highest BCUT2D eigenvalue weighted by Gasteiger charge is 2.10. The Morgan fingerprint density at radius 2 is 1.86 bits per heavy atom. The van der Waals surface area contributed by atoms with E-state index in [9.17, 15) is 4.39 Å². The first kappa shape index (κ1) is 15.5. The fourth-order valence-corrected chi connectivity index (χ4v) is 2.14. The van der Waals surface area contributed by atoms with Crippen LogP contribution in [0.5, 0.6) is 5.75 Å². The Morgan fingerprint density at radius 3 is 2.52 bits per heavy atom. The second kappa shape index (κ2) is 6.72. The third kappa shape index (κ3) is 4.05. The first-order chi connectivity index (χ1) is 9.97. The van der Waals surface area contributed by atoms with Crippen LogP contribution in [0.1, 0.15) is 42.5 Å². The van der Waals surface area contributed by atoms with Crippen LogP contribution < -0.4 is 10.5 Å². The van der Waals surface area contributed by atoms with E-state index in [1.807, 2.05) is 13.0 Å². The summed E-state index contributed by atoms with van der Waals surface area (Å²) in [5.74, 6) is 1.01. The van der Waals surface area contributed by atoms with Gasteiger partial charge >= 0.3 is 0 Å². The quantitative estimate of drug-likeness (QED) is 0.888. The van der Waals surface area contributed by atoms with Crippen molar-refractivity contribution in [2.24, 2.45) is 5.73 Å². The Morgan fingerprint density at radius 1 is 1.10 bits per heavy atom. The lowest BCUT2D eigenvalue weighted by Gasteiger charge is -2.16. The van der Waals surface area contributed by atoms with Gasteiger partial charge in [0.15, 0.2) is 0 Å². The minimum Gasteiger partial charge on any atom is -0.491 e. The molecule has 0 saturated heterocycles. The monoisotopic (exact) mass is 287 g/mol. The van der Waals surface area contributed by atoms with Crippen molar-refractivity contribution in [2.75, 3.05) is 6.61 Å². The van der Waals surface area contributed by atoms with Crippen molar-refractivity contribution in [2.45, 2.75) is 32.7 Å². The number of halogens is 1. The van der Waals surface area contributed by atoms with Gasteiger partial charge in [-0.2, -0.15) is 0 Å². The SMILES string of the molecule is Cc1ccc(C(C)C)cc1OCC(N)c1cccc(F)c1. The average Bonchev–Trinajstić information content (AvgIpc) is 2.45. The number of hydrogen-bond donors (Lipinski definition) is 1. The molecule has 0 bridgehead atoms. The van der Waals surface area contributed by atoms with Crippen LogP contribution in [0.25, 0.3) is 0 Å². The van der Waals surface area contributed by atoms with Gasteiger partial charge in [0.2, 0.25) is 0 Å². The van der Waals surface area contributed by atoms with Crippen LogP contribution in [-0.4, -0.2) is 6.61 Å². The van der Waals surface area contributed by atoms with Crippen molar-refractivity contribution in [1.82, 2.24) is 0 Å². The largest absolute Gasteiger partial charge is 0.491 e. The van der Waals surface area contributed by atoms with Gasteiger partial charge in [-0.3, -0.25) is 0 Å². The lowest BCUT2D eigenvalue weighted by atomic mass is 10.0. The Hall–Kier alpha value is -1.87. The highest BCUT2D eigenvalue weighted by molar-refractivity contribution is 5.38. The highest BCUT2D eigenvalue weighted by atomic mass is 19.1. The number of ether oxygens (including phenoxy) is 1. The van der Waals surface area contributed by atoms with Crippen LogP contribution in [0.4, 0.5) is 4.39 Å². The van der Waals surface area contributed by atoms with Crippen LogP contribution in [0, 0.1) is 12.7 Å². The average molecular weight is 287 g/mol. The fraction of sp³-hybridized carbons (Fsp3) is 0.333. The summed E-state index contributed by atoms with van der Waals surface area (Å²) in [7, 11) is 0. The second-order valence-electron chi connectivity index (χ2n) is 5.65. The van der Waals surface area contributed by atoms with Crippen molar-refractivity contribution in [3.8, 4) is 5.75 Å². The summed E-state index contributed by atoms with van der Waals surface area (Å²) in [5.41, 5.74) is 9.12. The van der Waals surface area contributed by atoms with Crippen molar-refractivity contribution in [3.05, 3.63) is 65.0 Å². The molecular formula is C18H22FNO. The van der Waals surface area contributed by atoms with Crippen LogP contribution >= 0.6 is 0 Å². The zero-order valence-corrected chi connectivity index (χ0v) is 12.8. The molecule has 0 aliphatic heterocycles. The summed E-state index contributed by atoms with van der Waals surface area (Å²) in [4.78, 5) is 0. The molecular weight excluding hydrogens is 265 g/mol. The summed E-state index contributed by atoms with van der Waals surface area (Å²) in [6.07, 6.45) is 0. The molecule has 3 heteroatoms. The molecule has 0 aromatic heterocycles. The number of nitrogens with two attached hydrogens (primary N) is 1. The van der Waals surface area contributed by atoms with Gasteiger partial charge in [-0.15, -0.1) is 0 Å². The highest BCUT2D eigenvalue weighted by Crippen LogP contribution is 2.25. The van der Waals surface area contributed by atoms with Crippen LogP contribution in [0.3, 0.4) is 0 Å². The lowest BCUT2D eigenvalue weighted by molar-refractivity contribution is 0.288. The van der Waals surface area contributed by atoms with E-state index >= 15 is 0 Å². The molecule has 0 aliphatic carbocycles. The van der Waals surface area contributed by atoms with Crippen molar-refractivity contribution >= 4 is 0 Å². The minimum atomic E-state index is -0.345.